The molecule has 0 spiro atoms. The SMILES string of the molecule is CCCCC(C(=O)c1ccc(OC)cc1)C(=O)c1ccc(OC)cc1. The van der Waals surface area contributed by atoms with Gasteiger partial charge in [-0.1, -0.05) is 19.8 Å². The first-order valence-electron chi connectivity index (χ1n) is 8.47. The van der Waals surface area contributed by atoms with Crippen LogP contribution in [0.15, 0.2) is 48.5 Å². The van der Waals surface area contributed by atoms with Crippen LogP contribution in [-0.4, -0.2) is 25.8 Å². The van der Waals surface area contributed by atoms with Gasteiger partial charge in [-0.3, -0.25) is 9.59 Å². The smallest absolute Gasteiger partial charge is 0.173 e. The summed E-state index contributed by atoms with van der Waals surface area (Å²) in [6, 6.07) is 13.8. The average molecular weight is 340 g/mol. The largest absolute Gasteiger partial charge is 0.497 e. The summed E-state index contributed by atoms with van der Waals surface area (Å²) in [6.45, 7) is 2.05. The van der Waals surface area contributed by atoms with Gasteiger partial charge in [0.2, 0.25) is 0 Å². The Morgan fingerprint density at radius 1 is 0.800 bits per heavy atom. The van der Waals surface area contributed by atoms with Crippen molar-refractivity contribution >= 4 is 11.6 Å². The van der Waals surface area contributed by atoms with Crippen molar-refractivity contribution in [3.8, 4) is 11.5 Å². The Balaban J connectivity index is 2.26. The topological polar surface area (TPSA) is 52.6 Å². The van der Waals surface area contributed by atoms with Gasteiger partial charge in [0.15, 0.2) is 11.6 Å². The van der Waals surface area contributed by atoms with E-state index in [9.17, 15) is 9.59 Å². The minimum Gasteiger partial charge on any atom is -0.497 e. The molecule has 0 atom stereocenters. The van der Waals surface area contributed by atoms with Gasteiger partial charge in [-0.25, -0.2) is 0 Å². The van der Waals surface area contributed by atoms with E-state index in [1.54, 1.807) is 62.8 Å². The fourth-order valence-electron chi connectivity index (χ4n) is 2.70. The fraction of sp³-hybridized carbons (Fsp3) is 0.333. The summed E-state index contributed by atoms with van der Waals surface area (Å²) >= 11 is 0. The lowest BCUT2D eigenvalue weighted by Crippen LogP contribution is -2.24. The molecule has 0 bridgehead atoms. The van der Waals surface area contributed by atoms with Crippen LogP contribution in [0.1, 0.15) is 46.9 Å². The number of benzene rings is 2. The van der Waals surface area contributed by atoms with Crippen LogP contribution in [0.25, 0.3) is 0 Å². The van der Waals surface area contributed by atoms with Crippen LogP contribution in [0.5, 0.6) is 11.5 Å². The molecule has 4 nitrogen and oxygen atoms in total. The summed E-state index contributed by atoms with van der Waals surface area (Å²) in [6.07, 6.45) is 2.31. The Hall–Kier alpha value is -2.62. The van der Waals surface area contributed by atoms with Gasteiger partial charge >= 0.3 is 0 Å². The second kappa shape index (κ2) is 9.02. The van der Waals surface area contributed by atoms with Gasteiger partial charge in [-0.15, -0.1) is 0 Å². The molecule has 0 amide bonds. The monoisotopic (exact) mass is 340 g/mol. The molecule has 0 aromatic heterocycles. The highest BCUT2D eigenvalue weighted by Crippen LogP contribution is 2.23. The number of unbranched alkanes of at least 4 members (excludes halogenated alkanes) is 1. The van der Waals surface area contributed by atoms with E-state index < -0.39 is 5.92 Å². The second-order valence-corrected chi connectivity index (χ2v) is 5.88. The molecule has 0 aliphatic heterocycles. The van der Waals surface area contributed by atoms with E-state index in [0.717, 1.165) is 12.8 Å². The van der Waals surface area contributed by atoms with Crippen LogP contribution in [0.3, 0.4) is 0 Å². The van der Waals surface area contributed by atoms with E-state index in [1.165, 1.54) is 0 Å². The van der Waals surface area contributed by atoms with Crippen molar-refractivity contribution < 1.29 is 19.1 Å². The van der Waals surface area contributed by atoms with E-state index in [1.807, 2.05) is 6.92 Å². The number of Topliss-reactive ketones (excluding diaryl/α,β-unsaturated/α-hetero) is 2. The normalized spacial score (nSPS) is 10.6. The molecule has 0 saturated heterocycles. The molecule has 4 heteroatoms. The zero-order chi connectivity index (χ0) is 18.2. The first-order chi connectivity index (χ1) is 12.1. The highest BCUT2D eigenvalue weighted by molar-refractivity contribution is 6.16. The second-order valence-electron chi connectivity index (χ2n) is 5.88. The van der Waals surface area contributed by atoms with Crippen LogP contribution in [0.2, 0.25) is 0 Å². The van der Waals surface area contributed by atoms with E-state index in [0.29, 0.717) is 29.0 Å². The Kier molecular flexibility index (Phi) is 6.75. The summed E-state index contributed by atoms with van der Waals surface area (Å²) in [5.74, 6) is 0.418. The molecular formula is C21H24O4. The van der Waals surface area contributed by atoms with Gasteiger partial charge in [0.05, 0.1) is 20.1 Å². The van der Waals surface area contributed by atoms with E-state index >= 15 is 0 Å². The van der Waals surface area contributed by atoms with Crippen molar-refractivity contribution in [3.05, 3.63) is 59.7 Å². The van der Waals surface area contributed by atoms with E-state index in [4.69, 9.17) is 9.47 Å². The molecule has 0 aliphatic carbocycles. The third kappa shape index (κ3) is 4.69. The summed E-state index contributed by atoms with van der Waals surface area (Å²) < 4.78 is 10.2. The Morgan fingerprint density at radius 2 is 1.20 bits per heavy atom. The predicted octanol–water partition coefficient (Wildman–Crippen LogP) is 4.58. The van der Waals surface area contributed by atoms with Crippen molar-refractivity contribution in [1.29, 1.82) is 0 Å². The summed E-state index contributed by atoms with van der Waals surface area (Å²) in [5, 5.41) is 0. The Labute approximate surface area is 148 Å². The highest BCUT2D eigenvalue weighted by atomic mass is 16.5. The summed E-state index contributed by atoms with van der Waals surface area (Å²) in [7, 11) is 3.15. The van der Waals surface area contributed by atoms with Crippen molar-refractivity contribution in [1.82, 2.24) is 0 Å². The third-order valence-corrected chi connectivity index (χ3v) is 4.23. The van der Waals surface area contributed by atoms with Crippen molar-refractivity contribution in [2.75, 3.05) is 14.2 Å². The third-order valence-electron chi connectivity index (χ3n) is 4.23. The maximum absolute atomic E-state index is 12.9. The number of ether oxygens (including phenoxy) is 2. The maximum atomic E-state index is 12.9. The zero-order valence-electron chi connectivity index (χ0n) is 15.0. The first-order valence-corrected chi connectivity index (χ1v) is 8.47. The summed E-state index contributed by atoms with van der Waals surface area (Å²) in [4.78, 5) is 25.8. The fourth-order valence-corrected chi connectivity index (χ4v) is 2.70. The zero-order valence-corrected chi connectivity index (χ0v) is 15.0. The lowest BCUT2D eigenvalue weighted by Gasteiger charge is -2.15. The Morgan fingerprint density at radius 3 is 1.52 bits per heavy atom. The van der Waals surface area contributed by atoms with Gasteiger partial charge < -0.3 is 9.47 Å². The van der Waals surface area contributed by atoms with Crippen molar-refractivity contribution in [2.45, 2.75) is 26.2 Å². The van der Waals surface area contributed by atoms with Crippen molar-refractivity contribution in [2.24, 2.45) is 5.92 Å². The minimum atomic E-state index is -0.665. The number of carbonyl (C=O) groups is 2. The molecule has 0 N–H and O–H groups in total. The number of hydrogen-bond donors (Lipinski definition) is 0. The van der Waals surface area contributed by atoms with Gasteiger partial charge in [0, 0.05) is 11.1 Å². The molecule has 25 heavy (non-hydrogen) atoms. The molecule has 2 rings (SSSR count). The van der Waals surface area contributed by atoms with Crippen molar-refractivity contribution in [3.63, 3.8) is 0 Å². The van der Waals surface area contributed by atoms with Gasteiger partial charge in [-0.05, 0) is 55.0 Å². The molecule has 0 radical (unpaired) electrons. The quantitative estimate of drug-likeness (QED) is 0.495. The molecule has 0 heterocycles. The van der Waals surface area contributed by atoms with E-state index in [2.05, 4.69) is 0 Å². The maximum Gasteiger partial charge on any atom is 0.173 e. The molecule has 2 aromatic carbocycles. The number of hydrogen-bond acceptors (Lipinski definition) is 4. The van der Waals surface area contributed by atoms with E-state index in [-0.39, 0.29) is 11.6 Å². The standard InChI is InChI=1S/C21H24O4/c1-4-5-6-19(20(22)15-7-11-17(24-2)12-8-15)21(23)16-9-13-18(25-3)14-10-16/h7-14,19H,4-6H2,1-3H3. The number of methoxy groups -OCH3 is 2. The highest BCUT2D eigenvalue weighted by Gasteiger charge is 2.28. The van der Waals surface area contributed by atoms with Gasteiger partial charge in [0.25, 0.3) is 0 Å². The number of carbonyl (C=O) groups excluding carboxylic acids is 2. The molecule has 0 fully saturated rings. The molecule has 0 aliphatic rings. The predicted molar refractivity (Wildman–Crippen MR) is 97.7 cm³/mol. The Bertz CT molecular complexity index is 642. The van der Waals surface area contributed by atoms with Crippen LogP contribution in [0, 0.1) is 5.92 Å². The van der Waals surface area contributed by atoms with Crippen LogP contribution in [-0.2, 0) is 0 Å². The van der Waals surface area contributed by atoms with Crippen LogP contribution >= 0.6 is 0 Å². The minimum absolute atomic E-state index is 0.142. The number of rotatable bonds is 9. The molecule has 132 valence electrons. The average Bonchev–Trinajstić information content (AvgIpc) is 2.68. The van der Waals surface area contributed by atoms with Gasteiger partial charge in [0.1, 0.15) is 11.5 Å². The van der Waals surface area contributed by atoms with Gasteiger partial charge in [-0.2, -0.15) is 0 Å². The van der Waals surface area contributed by atoms with Crippen LogP contribution in [0.4, 0.5) is 0 Å². The first kappa shape index (κ1) is 18.7. The molecule has 0 unspecified atom stereocenters. The lowest BCUT2D eigenvalue weighted by molar-refractivity contribution is 0.0797. The lowest BCUT2D eigenvalue weighted by atomic mass is 9.86. The number of ketones is 2. The summed E-state index contributed by atoms with van der Waals surface area (Å²) in [5.41, 5.74) is 1.06. The molecule has 2 aromatic rings. The molecular weight excluding hydrogens is 316 g/mol. The molecule has 0 saturated carbocycles. The van der Waals surface area contributed by atoms with Crippen LogP contribution < -0.4 is 9.47 Å².